The topological polar surface area (TPSA) is 58.9 Å². The van der Waals surface area contributed by atoms with Gasteiger partial charge in [-0.2, -0.15) is 0 Å². The molecule has 78 valence electrons. The molecule has 1 aliphatic rings. The summed E-state index contributed by atoms with van der Waals surface area (Å²) in [6.07, 6.45) is -2.50. The van der Waals surface area contributed by atoms with Crippen LogP contribution < -0.4 is 0 Å². The van der Waals surface area contributed by atoms with Crippen molar-refractivity contribution >= 4 is 0 Å². The highest BCUT2D eigenvalue weighted by atomic mass is 16.7. The van der Waals surface area contributed by atoms with Gasteiger partial charge in [-0.3, -0.25) is 0 Å². The van der Waals surface area contributed by atoms with Crippen LogP contribution in [0.4, 0.5) is 0 Å². The molecule has 0 aromatic rings. The summed E-state index contributed by atoms with van der Waals surface area (Å²) >= 11 is 0. The summed E-state index contributed by atoms with van der Waals surface area (Å²) in [7, 11) is 1.45. The molecule has 1 saturated heterocycles. The molecule has 1 aliphatic heterocycles. The van der Waals surface area contributed by atoms with Crippen molar-refractivity contribution < 1.29 is 19.7 Å². The molecular weight excluding hydrogens is 172 g/mol. The van der Waals surface area contributed by atoms with Crippen molar-refractivity contribution in [1.82, 2.24) is 0 Å². The molecule has 4 nitrogen and oxygen atoms in total. The third-order valence-electron chi connectivity index (χ3n) is 2.89. The predicted octanol–water partition coefficient (Wildman–Crippen LogP) is 0.126. The van der Waals surface area contributed by atoms with E-state index in [0.717, 1.165) is 0 Å². The second-order valence-corrected chi connectivity index (χ2v) is 4.10. The second kappa shape index (κ2) is 3.53. The van der Waals surface area contributed by atoms with Crippen LogP contribution in [-0.4, -0.2) is 41.4 Å². The highest BCUT2D eigenvalue weighted by Gasteiger charge is 2.46. The van der Waals surface area contributed by atoms with Crippen molar-refractivity contribution in [2.75, 3.05) is 7.11 Å². The van der Waals surface area contributed by atoms with Gasteiger partial charge < -0.3 is 19.7 Å². The van der Waals surface area contributed by atoms with Gasteiger partial charge in [-0.25, -0.2) is 0 Å². The van der Waals surface area contributed by atoms with Gasteiger partial charge in [0, 0.05) is 13.0 Å². The van der Waals surface area contributed by atoms with Gasteiger partial charge in [0.1, 0.15) is 6.10 Å². The Hall–Kier alpha value is -0.160. The summed E-state index contributed by atoms with van der Waals surface area (Å²) < 4.78 is 10.4. The molecule has 0 aliphatic carbocycles. The van der Waals surface area contributed by atoms with E-state index in [4.69, 9.17) is 9.47 Å². The molecule has 0 aromatic carbocycles. The standard InChI is InChI=1S/C9H18O4/c1-5-6(10)7(11)8(12-4)13-9(5,2)3/h5-8,10-11H,1-4H3/t5-,6+,7+,8?/m1/s1. The molecule has 0 spiro atoms. The lowest BCUT2D eigenvalue weighted by atomic mass is 9.82. The summed E-state index contributed by atoms with van der Waals surface area (Å²) in [5.41, 5.74) is -0.473. The quantitative estimate of drug-likeness (QED) is 0.617. The van der Waals surface area contributed by atoms with Crippen LogP contribution in [0.25, 0.3) is 0 Å². The summed E-state index contributed by atoms with van der Waals surface area (Å²) in [5.74, 6) is -0.117. The Morgan fingerprint density at radius 2 is 1.77 bits per heavy atom. The molecule has 1 rings (SSSR count). The van der Waals surface area contributed by atoms with Crippen molar-refractivity contribution in [3.8, 4) is 0 Å². The monoisotopic (exact) mass is 190 g/mol. The highest BCUT2D eigenvalue weighted by molar-refractivity contribution is 4.92. The number of hydrogen-bond acceptors (Lipinski definition) is 4. The van der Waals surface area contributed by atoms with Crippen LogP contribution in [0.3, 0.4) is 0 Å². The van der Waals surface area contributed by atoms with E-state index in [9.17, 15) is 10.2 Å². The molecule has 0 radical (unpaired) electrons. The third-order valence-corrected chi connectivity index (χ3v) is 2.89. The largest absolute Gasteiger partial charge is 0.390 e. The lowest BCUT2D eigenvalue weighted by Crippen LogP contribution is -2.58. The van der Waals surface area contributed by atoms with Gasteiger partial charge in [0.2, 0.25) is 0 Å². The van der Waals surface area contributed by atoms with Crippen LogP contribution in [0, 0.1) is 5.92 Å². The Morgan fingerprint density at radius 1 is 1.23 bits per heavy atom. The van der Waals surface area contributed by atoms with Gasteiger partial charge >= 0.3 is 0 Å². The number of hydrogen-bond donors (Lipinski definition) is 2. The molecule has 0 aromatic heterocycles. The van der Waals surface area contributed by atoms with Gasteiger partial charge in [-0.05, 0) is 13.8 Å². The number of aliphatic hydroxyl groups excluding tert-OH is 2. The molecule has 0 saturated carbocycles. The first-order valence-electron chi connectivity index (χ1n) is 4.47. The van der Waals surface area contributed by atoms with Crippen LogP contribution >= 0.6 is 0 Å². The van der Waals surface area contributed by atoms with E-state index >= 15 is 0 Å². The zero-order valence-corrected chi connectivity index (χ0v) is 8.52. The van der Waals surface area contributed by atoms with Crippen LogP contribution in [0.5, 0.6) is 0 Å². The number of aliphatic hydroxyl groups is 2. The first-order chi connectivity index (χ1) is 5.90. The average Bonchev–Trinajstić information content (AvgIpc) is 2.08. The van der Waals surface area contributed by atoms with Crippen molar-refractivity contribution in [2.45, 2.75) is 44.9 Å². The number of rotatable bonds is 1. The van der Waals surface area contributed by atoms with Crippen LogP contribution in [-0.2, 0) is 9.47 Å². The summed E-state index contributed by atoms with van der Waals surface area (Å²) in [6.45, 7) is 5.59. The van der Waals surface area contributed by atoms with Crippen molar-refractivity contribution in [2.24, 2.45) is 5.92 Å². The maximum Gasteiger partial charge on any atom is 0.186 e. The first-order valence-corrected chi connectivity index (χ1v) is 4.47. The Bertz CT molecular complexity index is 178. The van der Waals surface area contributed by atoms with E-state index in [2.05, 4.69) is 0 Å². The highest BCUT2D eigenvalue weighted by Crippen LogP contribution is 2.34. The Morgan fingerprint density at radius 3 is 2.23 bits per heavy atom. The molecule has 0 bridgehead atoms. The lowest BCUT2D eigenvalue weighted by molar-refractivity contribution is -0.302. The van der Waals surface area contributed by atoms with Crippen LogP contribution in [0.2, 0.25) is 0 Å². The smallest absolute Gasteiger partial charge is 0.186 e. The fourth-order valence-electron chi connectivity index (χ4n) is 1.53. The SMILES string of the molecule is COC1OC(C)(C)[C@H](C)[C@H](O)[C@@H]1O. The van der Waals surface area contributed by atoms with E-state index in [-0.39, 0.29) is 5.92 Å². The Balaban J connectivity index is 2.79. The molecule has 2 N–H and O–H groups in total. The molecule has 13 heavy (non-hydrogen) atoms. The van der Waals surface area contributed by atoms with Gasteiger partial charge in [-0.15, -0.1) is 0 Å². The van der Waals surface area contributed by atoms with Crippen LogP contribution in [0.15, 0.2) is 0 Å². The predicted molar refractivity (Wildman–Crippen MR) is 47.1 cm³/mol. The van der Waals surface area contributed by atoms with Crippen molar-refractivity contribution in [3.05, 3.63) is 0 Å². The molecular formula is C9H18O4. The van der Waals surface area contributed by atoms with Crippen LogP contribution in [0.1, 0.15) is 20.8 Å². The Labute approximate surface area is 78.5 Å². The molecule has 1 fully saturated rings. The zero-order chi connectivity index (χ0) is 10.2. The second-order valence-electron chi connectivity index (χ2n) is 4.10. The van der Waals surface area contributed by atoms with E-state index in [0.29, 0.717) is 0 Å². The maximum absolute atomic E-state index is 9.67. The minimum Gasteiger partial charge on any atom is -0.390 e. The molecule has 1 heterocycles. The third kappa shape index (κ3) is 1.86. The lowest BCUT2D eigenvalue weighted by Gasteiger charge is -2.45. The number of ether oxygens (including phenoxy) is 2. The minimum absolute atomic E-state index is 0.117. The first kappa shape index (κ1) is 10.9. The van der Waals surface area contributed by atoms with E-state index in [1.165, 1.54) is 7.11 Å². The zero-order valence-electron chi connectivity index (χ0n) is 8.52. The molecule has 0 amide bonds. The van der Waals surface area contributed by atoms with Crippen molar-refractivity contribution in [1.29, 1.82) is 0 Å². The maximum atomic E-state index is 9.67. The van der Waals surface area contributed by atoms with Gasteiger partial charge in [0.15, 0.2) is 6.29 Å². The Kier molecular flexibility index (Phi) is 2.97. The van der Waals surface area contributed by atoms with Gasteiger partial charge in [-0.1, -0.05) is 6.92 Å². The van der Waals surface area contributed by atoms with Crippen molar-refractivity contribution in [3.63, 3.8) is 0 Å². The fraction of sp³-hybridized carbons (Fsp3) is 1.00. The average molecular weight is 190 g/mol. The summed E-state index contributed by atoms with van der Waals surface area (Å²) in [4.78, 5) is 0. The normalized spacial score (nSPS) is 44.8. The fourth-order valence-corrected chi connectivity index (χ4v) is 1.53. The van der Waals surface area contributed by atoms with Gasteiger partial charge in [0.05, 0.1) is 11.7 Å². The van der Waals surface area contributed by atoms with E-state index in [1.54, 1.807) is 0 Å². The minimum atomic E-state index is -0.965. The van der Waals surface area contributed by atoms with E-state index < -0.39 is 24.1 Å². The van der Waals surface area contributed by atoms with Gasteiger partial charge in [0.25, 0.3) is 0 Å². The molecule has 4 heteroatoms. The summed E-state index contributed by atoms with van der Waals surface area (Å²) in [5, 5.41) is 19.2. The van der Waals surface area contributed by atoms with E-state index in [1.807, 2.05) is 20.8 Å². The number of methoxy groups -OCH3 is 1. The summed E-state index contributed by atoms with van der Waals surface area (Å²) in [6, 6.07) is 0. The molecule has 1 unspecified atom stereocenters. The molecule has 4 atom stereocenters.